The van der Waals surface area contributed by atoms with E-state index in [1.54, 1.807) is 36.4 Å². The number of rotatable bonds is 9. The Bertz CT molecular complexity index is 1840. The van der Waals surface area contributed by atoms with Crippen LogP contribution in [0.2, 0.25) is 0 Å². The highest BCUT2D eigenvalue weighted by Gasteiger charge is 2.36. The summed E-state index contributed by atoms with van der Waals surface area (Å²) < 4.78 is 17.7. The number of benzene rings is 3. The van der Waals surface area contributed by atoms with Crippen LogP contribution in [0.25, 0.3) is 33.8 Å². The fourth-order valence-electron chi connectivity index (χ4n) is 6.00. The summed E-state index contributed by atoms with van der Waals surface area (Å²) in [5.74, 6) is -1.73. The first kappa shape index (κ1) is 33.0. The van der Waals surface area contributed by atoms with Crippen LogP contribution in [0.3, 0.4) is 0 Å². The number of ether oxygens (including phenoxy) is 3. The van der Waals surface area contributed by atoms with Crippen molar-refractivity contribution in [3.05, 3.63) is 163 Å². The van der Waals surface area contributed by atoms with Crippen molar-refractivity contribution in [1.82, 2.24) is 15.0 Å². The average Bonchev–Trinajstić information content (AvgIpc) is 3.19. The van der Waals surface area contributed by atoms with Crippen molar-refractivity contribution in [2.24, 2.45) is 0 Å². The molecule has 1 aliphatic carbocycles. The Morgan fingerprint density at radius 1 is 0.392 bits per heavy atom. The zero-order chi connectivity index (χ0) is 35.0. The number of aromatic nitrogens is 3. The van der Waals surface area contributed by atoms with Gasteiger partial charge in [0.1, 0.15) is 18.3 Å². The zero-order valence-electron chi connectivity index (χ0n) is 27.5. The third-order valence-electron chi connectivity index (χ3n) is 8.60. The van der Waals surface area contributed by atoms with Gasteiger partial charge in [-0.25, -0.2) is 14.4 Å². The zero-order valence-corrected chi connectivity index (χ0v) is 27.5. The van der Waals surface area contributed by atoms with E-state index in [9.17, 15) is 14.4 Å². The second kappa shape index (κ2) is 15.4. The van der Waals surface area contributed by atoms with Crippen LogP contribution in [0.1, 0.15) is 50.3 Å². The van der Waals surface area contributed by atoms with Gasteiger partial charge in [0.25, 0.3) is 0 Å². The van der Waals surface area contributed by atoms with E-state index in [4.69, 9.17) is 14.2 Å². The lowest BCUT2D eigenvalue weighted by molar-refractivity contribution is -0.0587. The molecule has 1 saturated carbocycles. The molecule has 51 heavy (non-hydrogen) atoms. The first-order valence-corrected chi connectivity index (χ1v) is 16.7. The van der Waals surface area contributed by atoms with E-state index in [1.807, 2.05) is 91.0 Å². The summed E-state index contributed by atoms with van der Waals surface area (Å²) in [5.41, 5.74) is 5.77. The highest BCUT2D eigenvalue weighted by Crippen LogP contribution is 2.29. The van der Waals surface area contributed by atoms with Crippen LogP contribution in [0.15, 0.2) is 146 Å². The van der Waals surface area contributed by atoms with Gasteiger partial charge in [-0.1, -0.05) is 91.0 Å². The largest absolute Gasteiger partial charge is 0.458 e. The van der Waals surface area contributed by atoms with Crippen molar-refractivity contribution < 1.29 is 28.6 Å². The third-order valence-corrected chi connectivity index (χ3v) is 8.60. The summed E-state index contributed by atoms with van der Waals surface area (Å²) in [7, 11) is 0. The smallest absolute Gasteiger partial charge is 0.339 e. The van der Waals surface area contributed by atoms with Crippen molar-refractivity contribution >= 4 is 17.9 Å². The minimum atomic E-state index is -0.701. The molecule has 0 radical (unpaired) electrons. The second-order valence-electron chi connectivity index (χ2n) is 12.2. The van der Waals surface area contributed by atoms with Gasteiger partial charge in [-0.2, -0.15) is 0 Å². The lowest BCUT2D eigenvalue weighted by Gasteiger charge is -2.33. The quantitative estimate of drug-likeness (QED) is 0.111. The van der Waals surface area contributed by atoms with E-state index in [0.29, 0.717) is 0 Å². The molecule has 3 heterocycles. The van der Waals surface area contributed by atoms with E-state index in [-0.39, 0.29) is 36.0 Å². The standard InChI is InChI=1S/C42H33N3O6/c46-40(31-16-19-37(43-25-31)28-10-4-1-5-11-28)49-34-22-35(50-41(47)32-17-20-38(44-26-32)29-12-6-2-7-13-29)24-36(23-34)51-42(48)33-18-21-39(45-27-33)30-14-8-3-9-15-30/h1-21,25-27,34-36H,22-24H2. The molecular formula is C42H33N3O6. The van der Waals surface area contributed by atoms with Crippen molar-refractivity contribution in [1.29, 1.82) is 0 Å². The molecule has 1 aliphatic rings. The van der Waals surface area contributed by atoms with Gasteiger partial charge in [0, 0.05) is 54.5 Å². The third kappa shape index (κ3) is 8.22. The predicted octanol–water partition coefficient (Wildman–Crippen LogP) is 8.03. The first-order chi connectivity index (χ1) is 25.0. The van der Waals surface area contributed by atoms with Crippen LogP contribution in [0.4, 0.5) is 0 Å². The van der Waals surface area contributed by atoms with Crippen LogP contribution in [0.5, 0.6) is 0 Å². The number of hydrogen-bond donors (Lipinski definition) is 0. The molecule has 0 saturated heterocycles. The molecule has 0 spiro atoms. The van der Waals surface area contributed by atoms with Crippen molar-refractivity contribution in [2.45, 2.75) is 37.6 Å². The number of esters is 3. The van der Waals surface area contributed by atoms with E-state index >= 15 is 0 Å². The van der Waals surface area contributed by atoms with Gasteiger partial charge in [-0.15, -0.1) is 0 Å². The minimum absolute atomic E-state index is 0.226. The molecular weight excluding hydrogens is 642 g/mol. The fourth-order valence-corrected chi connectivity index (χ4v) is 6.00. The van der Waals surface area contributed by atoms with E-state index in [1.165, 1.54) is 18.6 Å². The molecule has 0 atom stereocenters. The SMILES string of the molecule is O=C(OC1CC(OC(=O)c2ccc(-c3ccccc3)nc2)CC(OC(=O)c2ccc(-c3ccccc3)nc2)C1)c1ccc(-c2ccccc2)nc1. The molecule has 7 rings (SSSR count). The maximum Gasteiger partial charge on any atom is 0.339 e. The van der Waals surface area contributed by atoms with Crippen LogP contribution in [0, 0.1) is 0 Å². The minimum Gasteiger partial charge on any atom is -0.458 e. The van der Waals surface area contributed by atoms with Crippen molar-refractivity contribution in [2.75, 3.05) is 0 Å². The number of carbonyl (C=O) groups excluding carboxylic acids is 3. The summed E-state index contributed by atoms with van der Waals surface area (Å²) in [6.07, 6.45) is 2.99. The Morgan fingerprint density at radius 2 is 0.667 bits per heavy atom. The number of pyridine rings is 3. The molecule has 6 aromatic rings. The van der Waals surface area contributed by atoms with E-state index in [2.05, 4.69) is 15.0 Å². The van der Waals surface area contributed by atoms with Gasteiger partial charge in [0.2, 0.25) is 0 Å². The monoisotopic (exact) mass is 675 g/mol. The maximum absolute atomic E-state index is 13.3. The number of nitrogens with zero attached hydrogens (tertiary/aromatic N) is 3. The maximum atomic E-state index is 13.3. The van der Waals surface area contributed by atoms with Gasteiger partial charge in [-0.3, -0.25) is 15.0 Å². The molecule has 0 N–H and O–H groups in total. The Labute approximate surface area is 294 Å². The summed E-state index contributed by atoms with van der Waals surface area (Å²) in [4.78, 5) is 53.1. The average molecular weight is 676 g/mol. The van der Waals surface area contributed by atoms with E-state index in [0.717, 1.165) is 33.8 Å². The summed E-state index contributed by atoms with van der Waals surface area (Å²) in [6, 6.07) is 39.2. The lowest BCUT2D eigenvalue weighted by atomic mass is 9.92. The lowest BCUT2D eigenvalue weighted by Crippen LogP contribution is -2.40. The summed E-state index contributed by atoms with van der Waals surface area (Å²) in [5, 5.41) is 0. The molecule has 1 fully saturated rings. The summed E-state index contributed by atoms with van der Waals surface area (Å²) >= 11 is 0. The molecule has 3 aromatic heterocycles. The molecule has 9 nitrogen and oxygen atoms in total. The summed E-state index contributed by atoms with van der Waals surface area (Å²) in [6.45, 7) is 0. The Hall–Kier alpha value is -6.48. The van der Waals surface area contributed by atoms with Crippen LogP contribution in [-0.4, -0.2) is 51.2 Å². The number of carbonyl (C=O) groups is 3. The van der Waals surface area contributed by atoms with Crippen LogP contribution in [-0.2, 0) is 14.2 Å². The topological polar surface area (TPSA) is 118 Å². The molecule has 0 bridgehead atoms. The van der Waals surface area contributed by atoms with E-state index < -0.39 is 36.2 Å². The van der Waals surface area contributed by atoms with Crippen molar-refractivity contribution in [3.63, 3.8) is 0 Å². The molecule has 0 amide bonds. The van der Waals surface area contributed by atoms with Gasteiger partial charge < -0.3 is 14.2 Å². The highest BCUT2D eigenvalue weighted by molar-refractivity contribution is 5.91. The van der Waals surface area contributed by atoms with Crippen LogP contribution >= 0.6 is 0 Å². The normalized spacial score (nSPS) is 16.8. The first-order valence-electron chi connectivity index (χ1n) is 16.7. The molecule has 3 aromatic carbocycles. The highest BCUT2D eigenvalue weighted by atomic mass is 16.6. The Morgan fingerprint density at radius 3 is 0.902 bits per heavy atom. The van der Waals surface area contributed by atoms with Crippen molar-refractivity contribution in [3.8, 4) is 33.8 Å². The fraction of sp³-hybridized carbons (Fsp3) is 0.143. The Kier molecular flexibility index (Phi) is 9.96. The molecule has 252 valence electrons. The molecule has 9 heteroatoms. The van der Waals surface area contributed by atoms with Gasteiger partial charge in [0.15, 0.2) is 0 Å². The second-order valence-corrected chi connectivity index (χ2v) is 12.2. The molecule has 0 unspecified atom stereocenters. The van der Waals surface area contributed by atoms with Gasteiger partial charge in [-0.05, 0) is 36.4 Å². The predicted molar refractivity (Wildman–Crippen MR) is 190 cm³/mol. The number of hydrogen-bond acceptors (Lipinski definition) is 9. The van der Waals surface area contributed by atoms with Crippen LogP contribution < -0.4 is 0 Å². The van der Waals surface area contributed by atoms with Gasteiger partial charge in [0.05, 0.1) is 33.8 Å². The molecule has 0 aliphatic heterocycles. The van der Waals surface area contributed by atoms with Gasteiger partial charge >= 0.3 is 17.9 Å². The Balaban J connectivity index is 1.05.